The summed E-state index contributed by atoms with van der Waals surface area (Å²) in [5, 5.41) is 23.2. The Hall–Kier alpha value is -3.69. The number of hydrogen-bond acceptors (Lipinski definition) is 5. The second kappa shape index (κ2) is 10.7. The molecule has 1 atom stereocenters. The highest BCUT2D eigenvalue weighted by molar-refractivity contribution is 9.10. The second-order valence-corrected chi connectivity index (χ2v) is 8.88. The lowest BCUT2D eigenvalue weighted by Gasteiger charge is -2.16. The van der Waals surface area contributed by atoms with Crippen molar-refractivity contribution in [2.45, 2.75) is 18.4 Å². The standard InChI is InChI=1S/C26H23BrN2O6/c27-22-10-9-15(13-20(22)24(31)29-23(11-12-30)25(32)33)28-26(34)35-14-21-18-7-3-1-5-16(18)17-6-2-4-8-19(17)21/h1-10,13,21,23,30H,11-12,14H2,(H,28,34)(H,29,31)(H,32,33)/t23-/m1/s1. The second-order valence-electron chi connectivity index (χ2n) is 8.02. The van der Waals surface area contributed by atoms with Gasteiger partial charge in [0.05, 0.1) is 5.56 Å². The van der Waals surface area contributed by atoms with E-state index in [0.29, 0.717) is 10.2 Å². The molecule has 3 aromatic carbocycles. The Labute approximate surface area is 210 Å². The van der Waals surface area contributed by atoms with Gasteiger partial charge >= 0.3 is 12.1 Å². The van der Waals surface area contributed by atoms with Crippen molar-refractivity contribution in [1.29, 1.82) is 0 Å². The average molecular weight is 539 g/mol. The zero-order chi connectivity index (χ0) is 24.9. The molecule has 3 aromatic rings. The SMILES string of the molecule is O=C(Nc1ccc(Br)c(C(=O)N[C@H](CCO)C(=O)O)c1)OCC1c2ccccc2-c2ccccc21. The summed E-state index contributed by atoms with van der Waals surface area (Å²) in [4.78, 5) is 36.4. The summed E-state index contributed by atoms with van der Waals surface area (Å²) in [6.07, 6.45) is -0.805. The smallest absolute Gasteiger partial charge is 0.411 e. The van der Waals surface area contributed by atoms with Gasteiger partial charge in [-0.2, -0.15) is 0 Å². The Morgan fingerprint density at radius 2 is 1.60 bits per heavy atom. The molecule has 180 valence electrons. The molecule has 0 heterocycles. The number of anilines is 1. The number of carbonyl (C=O) groups excluding carboxylic acids is 2. The molecule has 0 radical (unpaired) electrons. The molecule has 4 rings (SSSR count). The molecule has 0 saturated carbocycles. The van der Waals surface area contributed by atoms with Crippen LogP contribution >= 0.6 is 15.9 Å². The van der Waals surface area contributed by atoms with Crippen molar-refractivity contribution in [1.82, 2.24) is 5.32 Å². The molecule has 0 spiro atoms. The number of hydrogen-bond donors (Lipinski definition) is 4. The minimum absolute atomic E-state index is 0.0844. The summed E-state index contributed by atoms with van der Waals surface area (Å²) in [5.41, 5.74) is 4.89. The number of aliphatic hydroxyl groups excluding tert-OH is 1. The molecule has 8 nitrogen and oxygen atoms in total. The van der Waals surface area contributed by atoms with Crippen LogP contribution in [-0.4, -0.2) is 47.4 Å². The number of fused-ring (bicyclic) bond motifs is 3. The highest BCUT2D eigenvalue weighted by atomic mass is 79.9. The first-order valence-corrected chi connectivity index (χ1v) is 11.7. The van der Waals surface area contributed by atoms with Crippen LogP contribution in [0.15, 0.2) is 71.2 Å². The maximum Gasteiger partial charge on any atom is 0.411 e. The van der Waals surface area contributed by atoms with E-state index >= 15 is 0 Å². The Balaban J connectivity index is 1.43. The number of amides is 2. The zero-order valence-electron chi connectivity index (χ0n) is 18.5. The first-order valence-electron chi connectivity index (χ1n) is 10.9. The Kier molecular flexibility index (Phi) is 7.48. The van der Waals surface area contributed by atoms with E-state index < -0.39 is 24.0 Å². The van der Waals surface area contributed by atoms with Gasteiger partial charge in [-0.15, -0.1) is 0 Å². The van der Waals surface area contributed by atoms with Crippen LogP contribution in [0, 0.1) is 0 Å². The normalized spacial score (nSPS) is 12.9. The van der Waals surface area contributed by atoms with E-state index in [1.165, 1.54) is 6.07 Å². The third-order valence-corrected chi connectivity index (χ3v) is 6.51. The zero-order valence-corrected chi connectivity index (χ0v) is 20.1. The summed E-state index contributed by atoms with van der Waals surface area (Å²) >= 11 is 3.27. The largest absolute Gasteiger partial charge is 0.480 e. The number of carbonyl (C=O) groups is 3. The van der Waals surface area contributed by atoms with Gasteiger partial charge in [-0.25, -0.2) is 9.59 Å². The quantitative estimate of drug-likeness (QED) is 0.337. The van der Waals surface area contributed by atoms with E-state index in [1.807, 2.05) is 36.4 Å². The number of benzene rings is 3. The molecular weight excluding hydrogens is 516 g/mol. The third-order valence-electron chi connectivity index (χ3n) is 5.82. The van der Waals surface area contributed by atoms with Crippen LogP contribution in [-0.2, 0) is 9.53 Å². The van der Waals surface area contributed by atoms with Crippen molar-refractivity contribution < 1.29 is 29.3 Å². The van der Waals surface area contributed by atoms with Crippen LogP contribution in [0.3, 0.4) is 0 Å². The molecule has 1 aliphatic rings. The number of carboxylic acids is 1. The molecule has 1 aliphatic carbocycles. The van der Waals surface area contributed by atoms with Gasteiger partial charge in [-0.05, 0) is 56.4 Å². The number of aliphatic carboxylic acids is 1. The Bertz CT molecular complexity index is 1230. The lowest BCUT2D eigenvalue weighted by atomic mass is 9.98. The third kappa shape index (κ3) is 5.36. The van der Waals surface area contributed by atoms with Crippen LogP contribution in [0.5, 0.6) is 0 Å². The number of halogens is 1. The molecule has 2 amide bonds. The van der Waals surface area contributed by atoms with Gasteiger partial charge in [0.25, 0.3) is 5.91 Å². The minimum atomic E-state index is -1.25. The van der Waals surface area contributed by atoms with Crippen molar-refractivity contribution in [2.24, 2.45) is 0 Å². The van der Waals surface area contributed by atoms with Gasteiger partial charge in [0, 0.05) is 29.1 Å². The van der Waals surface area contributed by atoms with Gasteiger partial charge in [0.2, 0.25) is 0 Å². The highest BCUT2D eigenvalue weighted by Gasteiger charge is 2.29. The number of carboxylic acid groups (broad SMARTS) is 1. The average Bonchev–Trinajstić information content (AvgIpc) is 3.17. The number of nitrogens with one attached hydrogen (secondary N) is 2. The van der Waals surface area contributed by atoms with Crippen molar-refractivity contribution >= 4 is 39.6 Å². The van der Waals surface area contributed by atoms with Gasteiger partial charge in [0.15, 0.2) is 0 Å². The summed E-state index contributed by atoms with van der Waals surface area (Å²) in [5.74, 6) is -2.00. The lowest BCUT2D eigenvalue weighted by molar-refractivity contribution is -0.139. The van der Waals surface area contributed by atoms with E-state index in [2.05, 4.69) is 38.7 Å². The van der Waals surface area contributed by atoms with Crippen LogP contribution in [0.2, 0.25) is 0 Å². The fraction of sp³-hybridized carbons (Fsp3) is 0.192. The molecule has 0 aromatic heterocycles. The summed E-state index contributed by atoms with van der Waals surface area (Å²) in [6.45, 7) is -0.243. The maximum atomic E-state index is 12.6. The van der Waals surface area contributed by atoms with Crippen molar-refractivity contribution in [3.63, 3.8) is 0 Å². The first-order chi connectivity index (χ1) is 16.9. The fourth-order valence-corrected chi connectivity index (χ4v) is 4.58. The molecule has 9 heteroatoms. The molecule has 0 unspecified atom stereocenters. The van der Waals surface area contributed by atoms with Crippen LogP contribution in [0.25, 0.3) is 11.1 Å². The number of rotatable bonds is 8. The van der Waals surface area contributed by atoms with E-state index in [1.54, 1.807) is 12.1 Å². The Morgan fingerprint density at radius 1 is 0.971 bits per heavy atom. The summed E-state index contributed by atoms with van der Waals surface area (Å²) in [7, 11) is 0. The monoisotopic (exact) mass is 538 g/mol. The minimum Gasteiger partial charge on any atom is -0.480 e. The molecule has 0 aliphatic heterocycles. The van der Waals surface area contributed by atoms with E-state index in [4.69, 9.17) is 9.84 Å². The van der Waals surface area contributed by atoms with Gasteiger partial charge in [-0.1, -0.05) is 48.5 Å². The van der Waals surface area contributed by atoms with Crippen molar-refractivity contribution in [3.05, 3.63) is 87.9 Å². The van der Waals surface area contributed by atoms with Crippen LogP contribution in [0.4, 0.5) is 10.5 Å². The Morgan fingerprint density at radius 3 is 2.20 bits per heavy atom. The molecule has 0 saturated heterocycles. The van der Waals surface area contributed by atoms with Crippen LogP contribution in [0.1, 0.15) is 33.8 Å². The molecular formula is C26H23BrN2O6. The van der Waals surface area contributed by atoms with Crippen LogP contribution < -0.4 is 10.6 Å². The number of ether oxygens (including phenoxy) is 1. The topological polar surface area (TPSA) is 125 Å². The maximum absolute atomic E-state index is 12.6. The van der Waals surface area contributed by atoms with Gasteiger partial charge in [-0.3, -0.25) is 10.1 Å². The molecule has 35 heavy (non-hydrogen) atoms. The van der Waals surface area contributed by atoms with Gasteiger partial charge in [0.1, 0.15) is 12.6 Å². The molecule has 0 fully saturated rings. The van der Waals surface area contributed by atoms with E-state index in [-0.39, 0.29) is 31.1 Å². The first kappa shape index (κ1) is 24.4. The van der Waals surface area contributed by atoms with Crippen molar-refractivity contribution in [3.8, 4) is 11.1 Å². The number of aliphatic hydroxyl groups is 1. The lowest BCUT2D eigenvalue weighted by Crippen LogP contribution is -2.41. The fourth-order valence-electron chi connectivity index (χ4n) is 4.15. The highest BCUT2D eigenvalue weighted by Crippen LogP contribution is 2.44. The van der Waals surface area contributed by atoms with Gasteiger partial charge < -0.3 is 20.3 Å². The molecule has 0 bridgehead atoms. The van der Waals surface area contributed by atoms with E-state index in [0.717, 1.165) is 22.3 Å². The predicted octanol–water partition coefficient (Wildman–Crippen LogP) is 4.38. The van der Waals surface area contributed by atoms with E-state index in [9.17, 15) is 19.5 Å². The summed E-state index contributed by atoms with van der Waals surface area (Å²) in [6, 6.07) is 19.4. The van der Waals surface area contributed by atoms with Crippen molar-refractivity contribution in [2.75, 3.05) is 18.5 Å². The molecule has 4 N–H and O–H groups in total. The summed E-state index contributed by atoms with van der Waals surface area (Å²) < 4.78 is 5.95. The predicted molar refractivity (Wildman–Crippen MR) is 133 cm³/mol.